The predicted octanol–water partition coefficient (Wildman–Crippen LogP) is 5.87. The topological polar surface area (TPSA) is 63.3 Å². The molecule has 0 amide bonds. The van der Waals surface area contributed by atoms with Gasteiger partial charge in [0.15, 0.2) is 0 Å². The lowest BCUT2D eigenvalue weighted by molar-refractivity contribution is 0.0697. The number of aromatic nitrogens is 3. The van der Waals surface area contributed by atoms with Crippen LogP contribution in [0.5, 0.6) is 0 Å². The van der Waals surface area contributed by atoms with E-state index < -0.39 is 5.97 Å². The van der Waals surface area contributed by atoms with Gasteiger partial charge in [0.25, 0.3) is 0 Å². The van der Waals surface area contributed by atoms with Gasteiger partial charge < -0.3 is 19.1 Å². The highest BCUT2D eigenvalue weighted by atomic mass is 16.4. The van der Waals surface area contributed by atoms with Gasteiger partial charge in [0.2, 0.25) is 0 Å². The van der Waals surface area contributed by atoms with Gasteiger partial charge in [0.1, 0.15) is 0 Å². The second kappa shape index (κ2) is 8.27. The number of aryl methyl sites for hydroxylation is 2. The molecule has 0 unspecified atom stereocenters. The number of hydrogen-bond donors (Lipinski definition) is 1. The zero-order chi connectivity index (χ0) is 23.4. The first-order valence-corrected chi connectivity index (χ1v) is 12.5. The molecule has 3 aromatic heterocycles. The highest BCUT2D eigenvalue weighted by Crippen LogP contribution is 2.46. The third-order valence-electron chi connectivity index (χ3n) is 7.73. The van der Waals surface area contributed by atoms with E-state index in [9.17, 15) is 9.90 Å². The Balaban J connectivity index is 1.69. The molecule has 6 nitrogen and oxygen atoms in total. The molecule has 2 aliphatic rings. The van der Waals surface area contributed by atoms with Crippen molar-refractivity contribution in [2.45, 2.75) is 64.1 Å². The Kier molecular flexibility index (Phi) is 5.21. The maximum Gasteiger partial charge on any atom is 0.335 e. The van der Waals surface area contributed by atoms with E-state index in [0.29, 0.717) is 11.5 Å². The predicted molar refractivity (Wildman–Crippen MR) is 135 cm³/mol. The van der Waals surface area contributed by atoms with Gasteiger partial charge in [-0.25, -0.2) is 4.79 Å². The van der Waals surface area contributed by atoms with Crippen LogP contribution in [0.1, 0.15) is 66.1 Å². The van der Waals surface area contributed by atoms with Gasteiger partial charge in [-0.3, -0.25) is 4.98 Å². The SMILES string of the molecule is CN(C)Cc1cc2nccc3c2n1CCCn1c-3c(C2CCCCC2)c2ccc(C(=O)O)cc21. The highest BCUT2D eigenvalue weighted by Gasteiger charge is 2.29. The van der Waals surface area contributed by atoms with Gasteiger partial charge in [0.05, 0.1) is 22.3 Å². The summed E-state index contributed by atoms with van der Waals surface area (Å²) in [5, 5.41) is 10.9. The Labute approximate surface area is 199 Å². The quantitative estimate of drug-likeness (QED) is 0.417. The highest BCUT2D eigenvalue weighted by molar-refractivity contribution is 6.02. The van der Waals surface area contributed by atoms with Crippen molar-refractivity contribution in [1.82, 2.24) is 19.0 Å². The number of rotatable bonds is 4. The van der Waals surface area contributed by atoms with Gasteiger partial charge in [-0.15, -0.1) is 0 Å². The van der Waals surface area contributed by atoms with Crippen LogP contribution in [0.15, 0.2) is 36.5 Å². The Bertz CT molecular complexity index is 1410. The molecule has 0 spiro atoms. The number of carboxylic acid groups (broad SMARTS) is 1. The Hall–Kier alpha value is -3.12. The maximum atomic E-state index is 11.8. The van der Waals surface area contributed by atoms with Crippen molar-refractivity contribution in [3.05, 3.63) is 53.3 Å². The fourth-order valence-electron chi connectivity index (χ4n) is 6.36. The van der Waals surface area contributed by atoms with E-state index in [1.807, 2.05) is 12.3 Å². The van der Waals surface area contributed by atoms with E-state index >= 15 is 0 Å². The third-order valence-corrected chi connectivity index (χ3v) is 7.73. The largest absolute Gasteiger partial charge is 0.478 e. The fraction of sp³-hybridized carbons (Fsp3) is 0.429. The van der Waals surface area contributed by atoms with Crippen molar-refractivity contribution in [2.75, 3.05) is 14.1 Å². The Morgan fingerprint density at radius 3 is 2.62 bits per heavy atom. The number of benzene rings is 1. The molecule has 34 heavy (non-hydrogen) atoms. The van der Waals surface area contributed by atoms with E-state index in [2.05, 4.69) is 46.3 Å². The van der Waals surface area contributed by atoms with Crippen molar-refractivity contribution in [2.24, 2.45) is 0 Å². The second-order valence-electron chi connectivity index (χ2n) is 10.3. The van der Waals surface area contributed by atoms with Crippen molar-refractivity contribution >= 4 is 27.9 Å². The first-order chi connectivity index (χ1) is 16.5. The second-order valence-corrected chi connectivity index (χ2v) is 10.3. The number of pyridine rings is 1. The van der Waals surface area contributed by atoms with E-state index in [-0.39, 0.29) is 0 Å². The molecule has 6 rings (SSSR count). The lowest BCUT2D eigenvalue weighted by Crippen LogP contribution is -2.17. The molecule has 1 fully saturated rings. The number of nitrogens with zero attached hydrogens (tertiary/aromatic N) is 4. The maximum absolute atomic E-state index is 11.8. The van der Waals surface area contributed by atoms with Crippen LogP contribution in [-0.2, 0) is 19.6 Å². The smallest absolute Gasteiger partial charge is 0.335 e. The normalized spacial score (nSPS) is 16.7. The molecule has 4 heterocycles. The molecule has 1 aliphatic carbocycles. The Morgan fingerprint density at radius 2 is 1.85 bits per heavy atom. The first kappa shape index (κ1) is 21.4. The summed E-state index contributed by atoms with van der Waals surface area (Å²) in [6.45, 7) is 2.70. The molecular formula is C28H32N4O2. The van der Waals surface area contributed by atoms with E-state index in [1.165, 1.54) is 65.5 Å². The zero-order valence-electron chi connectivity index (χ0n) is 20.0. The van der Waals surface area contributed by atoms with Crippen LogP contribution in [0.2, 0.25) is 0 Å². The first-order valence-electron chi connectivity index (χ1n) is 12.5. The minimum Gasteiger partial charge on any atom is -0.478 e. The van der Waals surface area contributed by atoms with Gasteiger partial charge in [0, 0.05) is 48.0 Å². The average Bonchev–Trinajstić information content (AvgIpc) is 3.32. The molecule has 1 aromatic carbocycles. The summed E-state index contributed by atoms with van der Waals surface area (Å²) in [7, 11) is 4.22. The number of aromatic carboxylic acids is 1. The monoisotopic (exact) mass is 456 g/mol. The summed E-state index contributed by atoms with van der Waals surface area (Å²) >= 11 is 0. The molecule has 1 saturated carbocycles. The number of fused-ring (bicyclic) bond motifs is 4. The van der Waals surface area contributed by atoms with Crippen molar-refractivity contribution in [1.29, 1.82) is 0 Å². The average molecular weight is 457 g/mol. The minimum atomic E-state index is -0.865. The molecule has 0 saturated heterocycles. The molecule has 0 atom stereocenters. The number of hydrogen-bond acceptors (Lipinski definition) is 3. The third kappa shape index (κ3) is 3.35. The van der Waals surface area contributed by atoms with Gasteiger partial charge in [-0.2, -0.15) is 0 Å². The van der Waals surface area contributed by atoms with Gasteiger partial charge >= 0.3 is 5.97 Å². The summed E-state index contributed by atoms with van der Waals surface area (Å²) in [5.41, 5.74) is 8.94. The number of carboxylic acids is 1. The molecule has 0 bridgehead atoms. The van der Waals surface area contributed by atoms with Crippen molar-refractivity contribution in [3.8, 4) is 11.3 Å². The Morgan fingerprint density at radius 1 is 1.06 bits per heavy atom. The summed E-state index contributed by atoms with van der Waals surface area (Å²) in [6.07, 6.45) is 9.18. The lowest BCUT2D eigenvalue weighted by Gasteiger charge is -2.25. The van der Waals surface area contributed by atoms with Crippen LogP contribution >= 0.6 is 0 Å². The standard InChI is InChI=1S/C28H32N4O2/c1-30(2)17-20-16-23-26-22(11-12-29-23)27-25(18-7-4-3-5-8-18)21-10-9-19(28(33)34)15-24(21)32(27)14-6-13-31(20)26/h9-12,15-16,18H,3-8,13-14,17H2,1-2H3,(H,33,34). The van der Waals surface area contributed by atoms with Crippen LogP contribution < -0.4 is 0 Å². The fourth-order valence-corrected chi connectivity index (χ4v) is 6.36. The van der Waals surface area contributed by atoms with Crippen molar-refractivity contribution < 1.29 is 9.90 Å². The summed E-state index contributed by atoms with van der Waals surface area (Å²) in [5.74, 6) is -0.355. The van der Waals surface area contributed by atoms with Gasteiger partial charge in [-0.1, -0.05) is 25.3 Å². The molecular weight excluding hydrogens is 424 g/mol. The lowest BCUT2D eigenvalue weighted by atomic mass is 9.81. The van der Waals surface area contributed by atoms with Crippen LogP contribution in [0.25, 0.3) is 33.2 Å². The van der Waals surface area contributed by atoms with Gasteiger partial charge in [-0.05, 0) is 69.1 Å². The molecule has 1 N–H and O–H groups in total. The molecule has 6 heteroatoms. The number of carbonyl (C=O) groups is 1. The van der Waals surface area contributed by atoms with Crippen LogP contribution in [-0.4, -0.2) is 44.2 Å². The van der Waals surface area contributed by atoms with Crippen molar-refractivity contribution in [3.63, 3.8) is 0 Å². The van der Waals surface area contributed by atoms with Crippen LogP contribution in [0, 0.1) is 0 Å². The zero-order valence-corrected chi connectivity index (χ0v) is 20.0. The van der Waals surface area contributed by atoms with Crippen LogP contribution in [0.4, 0.5) is 0 Å². The molecule has 0 radical (unpaired) electrons. The molecule has 4 aromatic rings. The summed E-state index contributed by atoms with van der Waals surface area (Å²) in [4.78, 5) is 18.8. The summed E-state index contributed by atoms with van der Waals surface area (Å²) < 4.78 is 4.90. The van der Waals surface area contributed by atoms with Crippen LogP contribution in [0.3, 0.4) is 0 Å². The molecule has 176 valence electrons. The summed E-state index contributed by atoms with van der Waals surface area (Å²) in [6, 6.07) is 10.2. The molecule has 1 aliphatic heterocycles. The minimum absolute atomic E-state index is 0.363. The van der Waals surface area contributed by atoms with E-state index in [1.54, 1.807) is 6.07 Å². The van der Waals surface area contributed by atoms with E-state index in [4.69, 9.17) is 4.98 Å². The van der Waals surface area contributed by atoms with E-state index in [0.717, 1.165) is 37.1 Å².